The van der Waals surface area contributed by atoms with Gasteiger partial charge in [0, 0.05) is 25.7 Å². The van der Waals surface area contributed by atoms with Crippen LogP contribution in [0.25, 0.3) is 0 Å². The lowest BCUT2D eigenvalue weighted by molar-refractivity contribution is -0.129. The zero-order valence-corrected chi connectivity index (χ0v) is 16.1. The smallest absolute Gasteiger partial charge is 0.210 e. The van der Waals surface area contributed by atoms with Gasteiger partial charge in [-0.3, -0.25) is 9.69 Å². The Balaban J connectivity index is 1.46. The van der Waals surface area contributed by atoms with Crippen molar-refractivity contribution < 1.29 is 4.79 Å². The summed E-state index contributed by atoms with van der Waals surface area (Å²) in [4.78, 5) is 17.0. The van der Waals surface area contributed by atoms with E-state index in [9.17, 15) is 4.79 Å². The van der Waals surface area contributed by atoms with E-state index < -0.39 is 0 Å². The fraction of sp³-hybridized carbons (Fsp3) is 0.458. The van der Waals surface area contributed by atoms with Crippen LogP contribution in [0.3, 0.4) is 0 Å². The van der Waals surface area contributed by atoms with Crippen LogP contribution in [0, 0.1) is 0 Å². The fourth-order valence-corrected chi connectivity index (χ4v) is 5.14. The maximum absolute atomic E-state index is 12.3. The van der Waals surface area contributed by atoms with Crippen molar-refractivity contribution in [1.82, 2.24) is 9.80 Å². The first kappa shape index (κ1) is 18.2. The Bertz CT molecular complexity index is 717. The molecular formula is C24H30N2O. The van der Waals surface area contributed by atoms with Crippen molar-refractivity contribution in [3.05, 3.63) is 71.8 Å². The first-order chi connectivity index (χ1) is 13.3. The molecule has 0 N–H and O–H groups in total. The molecule has 0 bridgehead atoms. The first-order valence-corrected chi connectivity index (χ1v) is 10.4. The molecule has 1 amide bonds. The zero-order valence-electron chi connectivity index (χ0n) is 16.1. The quantitative estimate of drug-likeness (QED) is 0.702. The molecule has 3 heteroatoms. The van der Waals surface area contributed by atoms with Gasteiger partial charge in [-0.15, -0.1) is 0 Å². The lowest BCUT2D eigenvalue weighted by atomic mass is 9.84. The van der Waals surface area contributed by atoms with Gasteiger partial charge in [0.05, 0.1) is 5.54 Å². The Labute approximate surface area is 163 Å². The van der Waals surface area contributed by atoms with E-state index in [0.29, 0.717) is 6.04 Å². The van der Waals surface area contributed by atoms with Crippen LogP contribution in [-0.2, 0) is 16.9 Å². The first-order valence-electron chi connectivity index (χ1n) is 10.4. The predicted molar refractivity (Wildman–Crippen MR) is 109 cm³/mol. The fourth-order valence-electron chi connectivity index (χ4n) is 5.14. The molecule has 27 heavy (non-hydrogen) atoms. The van der Waals surface area contributed by atoms with E-state index in [1.54, 1.807) is 0 Å². The molecule has 4 rings (SSSR count). The maximum Gasteiger partial charge on any atom is 0.210 e. The number of carbonyl (C=O) groups is 1. The number of piperidine rings is 1. The summed E-state index contributed by atoms with van der Waals surface area (Å²) in [7, 11) is 0. The van der Waals surface area contributed by atoms with E-state index >= 15 is 0 Å². The summed E-state index contributed by atoms with van der Waals surface area (Å²) in [5.74, 6) is 0. The molecule has 0 unspecified atom stereocenters. The van der Waals surface area contributed by atoms with Crippen LogP contribution < -0.4 is 0 Å². The van der Waals surface area contributed by atoms with Crippen molar-refractivity contribution in [2.24, 2.45) is 0 Å². The van der Waals surface area contributed by atoms with Crippen molar-refractivity contribution in [3.8, 4) is 0 Å². The van der Waals surface area contributed by atoms with E-state index in [4.69, 9.17) is 0 Å². The molecule has 142 valence electrons. The minimum atomic E-state index is -0.0880. The third-order valence-electron chi connectivity index (χ3n) is 6.55. The number of nitrogens with zero attached hydrogens (tertiary/aromatic N) is 2. The average molecular weight is 363 g/mol. The highest BCUT2D eigenvalue weighted by atomic mass is 16.1. The third-order valence-corrected chi connectivity index (χ3v) is 6.55. The van der Waals surface area contributed by atoms with E-state index in [1.807, 2.05) is 0 Å². The second-order valence-electron chi connectivity index (χ2n) is 8.11. The molecule has 0 aromatic heterocycles. The molecular weight excluding hydrogens is 332 g/mol. The van der Waals surface area contributed by atoms with Gasteiger partial charge in [0.25, 0.3) is 0 Å². The molecule has 2 aromatic carbocycles. The SMILES string of the molecule is O=CN(C1CCN(Cc2ccccc2)CC1)C1(c2ccccc2)CCCC1. The van der Waals surface area contributed by atoms with E-state index in [2.05, 4.69) is 70.5 Å². The van der Waals surface area contributed by atoms with Gasteiger partial charge in [-0.25, -0.2) is 0 Å². The highest BCUT2D eigenvalue weighted by molar-refractivity contribution is 5.52. The Hall–Kier alpha value is -2.13. The van der Waals surface area contributed by atoms with Gasteiger partial charge in [-0.1, -0.05) is 73.5 Å². The van der Waals surface area contributed by atoms with Gasteiger partial charge in [-0.05, 0) is 36.8 Å². The largest absolute Gasteiger partial charge is 0.332 e. The van der Waals surface area contributed by atoms with Crippen LogP contribution in [0.1, 0.15) is 49.7 Å². The van der Waals surface area contributed by atoms with Crippen LogP contribution in [0.4, 0.5) is 0 Å². The van der Waals surface area contributed by atoms with Crippen molar-refractivity contribution in [2.45, 2.75) is 56.7 Å². The molecule has 0 atom stereocenters. The standard InChI is InChI=1S/C24H30N2O/c27-20-26(24(15-7-8-16-24)22-11-5-2-6-12-22)23-13-17-25(18-14-23)19-21-9-3-1-4-10-21/h1-6,9-12,20,23H,7-8,13-19H2. The number of benzene rings is 2. The predicted octanol–water partition coefficient (Wildman–Crippen LogP) is 4.58. The summed E-state index contributed by atoms with van der Waals surface area (Å²) in [5.41, 5.74) is 2.61. The number of hydrogen-bond acceptors (Lipinski definition) is 2. The van der Waals surface area contributed by atoms with Crippen molar-refractivity contribution in [3.63, 3.8) is 0 Å². The average Bonchev–Trinajstić information content (AvgIpc) is 3.22. The summed E-state index contributed by atoms with van der Waals surface area (Å²) in [5, 5.41) is 0. The maximum atomic E-state index is 12.3. The van der Waals surface area contributed by atoms with Gasteiger partial charge in [-0.2, -0.15) is 0 Å². The monoisotopic (exact) mass is 362 g/mol. The molecule has 2 fully saturated rings. The van der Waals surface area contributed by atoms with E-state index in [1.165, 1.54) is 24.0 Å². The van der Waals surface area contributed by atoms with Crippen LogP contribution in [0.5, 0.6) is 0 Å². The van der Waals surface area contributed by atoms with Gasteiger partial charge < -0.3 is 4.90 Å². The molecule has 1 heterocycles. The number of carbonyl (C=O) groups excluding carboxylic acids is 1. The van der Waals surface area contributed by atoms with Crippen molar-refractivity contribution in [2.75, 3.05) is 13.1 Å². The lowest BCUT2D eigenvalue weighted by Crippen LogP contribution is -2.53. The summed E-state index contributed by atoms with van der Waals surface area (Å²) in [6.07, 6.45) is 7.91. The van der Waals surface area contributed by atoms with Crippen LogP contribution in [0.2, 0.25) is 0 Å². The highest BCUT2D eigenvalue weighted by Crippen LogP contribution is 2.45. The summed E-state index contributed by atoms with van der Waals surface area (Å²) in [6.45, 7) is 3.14. The summed E-state index contributed by atoms with van der Waals surface area (Å²) in [6, 6.07) is 21.8. The summed E-state index contributed by atoms with van der Waals surface area (Å²) < 4.78 is 0. The molecule has 1 saturated heterocycles. The number of hydrogen-bond donors (Lipinski definition) is 0. The minimum absolute atomic E-state index is 0.0880. The van der Waals surface area contributed by atoms with Gasteiger partial charge >= 0.3 is 0 Å². The Kier molecular flexibility index (Phi) is 5.58. The molecule has 0 radical (unpaired) electrons. The van der Waals surface area contributed by atoms with Crippen LogP contribution in [-0.4, -0.2) is 35.3 Å². The number of rotatable bonds is 6. The molecule has 2 aromatic rings. The number of likely N-dealkylation sites (tertiary alicyclic amines) is 1. The Morgan fingerprint density at radius 3 is 2.11 bits per heavy atom. The topological polar surface area (TPSA) is 23.6 Å². The van der Waals surface area contributed by atoms with E-state index in [-0.39, 0.29) is 5.54 Å². The Morgan fingerprint density at radius 1 is 0.926 bits per heavy atom. The molecule has 3 nitrogen and oxygen atoms in total. The minimum Gasteiger partial charge on any atom is -0.332 e. The summed E-state index contributed by atoms with van der Waals surface area (Å²) >= 11 is 0. The second-order valence-corrected chi connectivity index (χ2v) is 8.11. The van der Waals surface area contributed by atoms with Crippen LogP contribution in [0.15, 0.2) is 60.7 Å². The van der Waals surface area contributed by atoms with Crippen molar-refractivity contribution >= 4 is 6.41 Å². The molecule has 2 aliphatic rings. The normalized spacial score (nSPS) is 20.4. The molecule has 1 saturated carbocycles. The van der Waals surface area contributed by atoms with E-state index in [0.717, 1.165) is 51.7 Å². The molecule has 1 aliphatic heterocycles. The van der Waals surface area contributed by atoms with Gasteiger partial charge in [0.15, 0.2) is 0 Å². The zero-order chi connectivity index (χ0) is 18.5. The van der Waals surface area contributed by atoms with Gasteiger partial charge in [0.2, 0.25) is 6.41 Å². The third kappa shape index (κ3) is 3.79. The lowest BCUT2D eigenvalue weighted by Gasteiger charge is -2.47. The van der Waals surface area contributed by atoms with Crippen LogP contribution >= 0.6 is 0 Å². The second kappa shape index (κ2) is 8.26. The molecule has 0 spiro atoms. The van der Waals surface area contributed by atoms with Gasteiger partial charge in [0.1, 0.15) is 0 Å². The number of amides is 1. The van der Waals surface area contributed by atoms with Crippen molar-refractivity contribution in [1.29, 1.82) is 0 Å². The Morgan fingerprint density at radius 2 is 1.52 bits per heavy atom. The highest BCUT2D eigenvalue weighted by Gasteiger charge is 2.44. The molecule has 1 aliphatic carbocycles.